The lowest BCUT2D eigenvalue weighted by Gasteiger charge is -2.26. The normalized spacial score (nSPS) is 18.3. The fourth-order valence-corrected chi connectivity index (χ4v) is 3.02. The first-order valence-corrected chi connectivity index (χ1v) is 7.91. The largest absolute Gasteiger partial charge is 0.346 e. The topological polar surface area (TPSA) is 54.8 Å². The summed E-state index contributed by atoms with van der Waals surface area (Å²) in [6.45, 7) is 7.05. The predicted octanol–water partition coefficient (Wildman–Crippen LogP) is 3.30. The Morgan fingerprint density at radius 1 is 1.14 bits per heavy atom. The van der Waals surface area contributed by atoms with Crippen molar-refractivity contribution in [2.24, 2.45) is 0 Å². The third kappa shape index (κ3) is 2.77. The summed E-state index contributed by atoms with van der Waals surface area (Å²) in [5.74, 6) is 2.70. The van der Waals surface area contributed by atoms with Gasteiger partial charge in [0.05, 0.1) is 10.5 Å². The van der Waals surface area contributed by atoms with Crippen LogP contribution in [0.3, 0.4) is 0 Å². The number of rotatable bonds is 2. The van der Waals surface area contributed by atoms with Crippen molar-refractivity contribution in [1.82, 2.24) is 19.9 Å². The lowest BCUT2D eigenvalue weighted by Crippen LogP contribution is -2.26. The molecule has 2 aromatic heterocycles. The first kappa shape index (κ1) is 14.4. The van der Waals surface area contributed by atoms with Crippen LogP contribution >= 0.6 is 15.9 Å². The van der Waals surface area contributed by atoms with E-state index in [1.165, 1.54) is 0 Å². The predicted molar refractivity (Wildman–Crippen MR) is 85.3 cm³/mol. The molecule has 1 aliphatic rings. The minimum absolute atomic E-state index is 0.200. The van der Waals surface area contributed by atoms with Crippen LogP contribution in [0.15, 0.2) is 16.9 Å². The van der Waals surface area contributed by atoms with Crippen molar-refractivity contribution in [2.45, 2.75) is 39.7 Å². The minimum Gasteiger partial charge on any atom is -0.346 e. The van der Waals surface area contributed by atoms with Gasteiger partial charge in [0.2, 0.25) is 0 Å². The van der Waals surface area contributed by atoms with Gasteiger partial charge in [0.25, 0.3) is 0 Å². The number of nitrogens with zero attached hydrogens (tertiary/aromatic N) is 5. The molecule has 0 bridgehead atoms. The maximum atomic E-state index is 4.66. The summed E-state index contributed by atoms with van der Waals surface area (Å²) >= 11 is 3.39. The van der Waals surface area contributed by atoms with E-state index in [1.807, 2.05) is 26.2 Å². The van der Waals surface area contributed by atoms with Gasteiger partial charge < -0.3 is 4.90 Å². The van der Waals surface area contributed by atoms with Crippen LogP contribution in [0.5, 0.6) is 0 Å². The molecule has 1 unspecified atom stereocenters. The van der Waals surface area contributed by atoms with Crippen LogP contribution in [0, 0.1) is 20.8 Å². The Hall–Kier alpha value is -1.56. The van der Waals surface area contributed by atoms with Crippen molar-refractivity contribution in [3.63, 3.8) is 0 Å². The molecule has 0 aliphatic carbocycles. The van der Waals surface area contributed by atoms with Crippen LogP contribution in [0.4, 0.5) is 5.82 Å². The van der Waals surface area contributed by atoms with Gasteiger partial charge in [-0.1, -0.05) is 0 Å². The summed E-state index contributed by atoms with van der Waals surface area (Å²) in [5, 5.41) is 0. The van der Waals surface area contributed by atoms with Gasteiger partial charge in [0.15, 0.2) is 5.82 Å². The number of hydrogen-bond donors (Lipinski definition) is 0. The maximum absolute atomic E-state index is 4.66. The van der Waals surface area contributed by atoms with Crippen molar-refractivity contribution >= 4 is 21.7 Å². The molecule has 1 aliphatic heterocycles. The van der Waals surface area contributed by atoms with E-state index in [1.54, 1.807) is 0 Å². The minimum atomic E-state index is 0.200. The van der Waals surface area contributed by atoms with Crippen LogP contribution in [0.1, 0.15) is 41.8 Å². The van der Waals surface area contributed by atoms with E-state index < -0.39 is 0 Å². The van der Waals surface area contributed by atoms with Gasteiger partial charge in [0, 0.05) is 30.2 Å². The summed E-state index contributed by atoms with van der Waals surface area (Å²) in [6, 6.07) is 0.200. The van der Waals surface area contributed by atoms with Gasteiger partial charge in [-0.2, -0.15) is 0 Å². The summed E-state index contributed by atoms with van der Waals surface area (Å²) in [6.07, 6.45) is 5.80. The highest BCUT2D eigenvalue weighted by Crippen LogP contribution is 2.35. The summed E-state index contributed by atoms with van der Waals surface area (Å²) in [5.41, 5.74) is 2.18. The third-order valence-corrected chi connectivity index (χ3v) is 4.35. The Labute approximate surface area is 133 Å². The molecule has 0 aromatic carbocycles. The highest BCUT2D eigenvalue weighted by atomic mass is 79.9. The molecular weight excluding hydrogens is 330 g/mol. The van der Waals surface area contributed by atoms with E-state index in [0.29, 0.717) is 0 Å². The molecular formula is C15H18BrN5. The zero-order valence-corrected chi connectivity index (χ0v) is 14.1. The molecule has 6 heteroatoms. The number of halogens is 1. The molecule has 0 saturated carbocycles. The quantitative estimate of drug-likeness (QED) is 0.834. The van der Waals surface area contributed by atoms with Crippen LogP contribution in [0.2, 0.25) is 0 Å². The number of aryl methyl sites for hydroxylation is 2. The lowest BCUT2D eigenvalue weighted by atomic mass is 10.2. The number of aromatic nitrogens is 4. The summed E-state index contributed by atoms with van der Waals surface area (Å²) < 4.78 is 0.903. The first-order valence-electron chi connectivity index (χ1n) is 7.12. The highest BCUT2D eigenvalue weighted by Gasteiger charge is 2.30. The molecule has 110 valence electrons. The summed E-state index contributed by atoms with van der Waals surface area (Å²) in [7, 11) is 0. The molecule has 0 N–H and O–H groups in total. The van der Waals surface area contributed by atoms with E-state index in [9.17, 15) is 0 Å². The summed E-state index contributed by atoms with van der Waals surface area (Å²) in [4.78, 5) is 20.4. The third-order valence-electron chi connectivity index (χ3n) is 3.94. The zero-order chi connectivity index (χ0) is 15.0. The molecule has 0 spiro atoms. The molecule has 2 aromatic rings. The van der Waals surface area contributed by atoms with E-state index in [-0.39, 0.29) is 6.04 Å². The molecule has 1 atom stereocenters. The van der Waals surface area contributed by atoms with Gasteiger partial charge in [-0.3, -0.25) is 0 Å². The molecule has 0 amide bonds. The maximum Gasteiger partial charge on any atom is 0.150 e. The van der Waals surface area contributed by atoms with Gasteiger partial charge >= 0.3 is 0 Å². The van der Waals surface area contributed by atoms with Crippen LogP contribution < -0.4 is 4.90 Å². The van der Waals surface area contributed by atoms with E-state index in [2.05, 4.69) is 47.7 Å². The number of hydrogen-bond acceptors (Lipinski definition) is 5. The molecule has 3 rings (SSSR count). The van der Waals surface area contributed by atoms with Gasteiger partial charge in [-0.15, -0.1) is 0 Å². The van der Waals surface area contributed by atoms with E-state index in [0.717, 1.165) is 52.6 Å². The van der Waals surface area contributed by atoms with Crippen molar-refractivity contribution in [2.75, 3.05) is 11.4 Å². The lowest BCUT2D eigenvalue weighted by molar-refractivity contribution is 0.655. The van der Waals surface area contributed by atoms with Crippen molar-refractivity contribution in [1.29, 1.82) is 0 Å². The average Bonchev–Trinajstić information content (AvgIpc) is 2.93. The van der Waals surface area contributed by atoms with Crippen LogP contribution in [0.25, 0.3) is 0 Å². The zero-order valence-electron chi connectivity index (χ0n) is 12.5. The Kier molecular flexibility index (Phi) is 3.89. The highest BCUT2D eigenvalue weighted by molar-refractivity contribution is 9.10. The molecule has 1 saturated heterocycles. The van der Waals surface area contributed by atoms with Crippen LogP contribution in [-0.4, -0.2) is 26.5 Å². The first-order chi connectivity index (χ1) is 10.1. The SMILES string of the molecule is Cc1nc(C)c(C)c(N2CCCC2c2ncc(Br)cn2)n1. The second kappa shape index (κ2) is 5.67. The molecule has 1 fully saturated rings. The Balaban J connectivity index is 1.99. The molecule has 0 radical (unpaired) electrons. The Morgan fingerprint density at radius 3 is 2.57 bits per heavy atom. The Morgan fingerprint density at radius 2 is 1.86 bits per heavy atom. The molecule has 21 heavy (non-hydrogen) atoms. The number of anilines is 1. The van der Waals surface area contributed by atoms with Gasteiger partial charge in [0.1, 0.15) is 11.6 Å². The van der Waals surface area contributed by atoms with Crippen molar-refractivity contribution in [3.8, 4) is 0 Å². The van der Waals surface area contributed by atoms with E-state index >= 15 is 0 Å². The van der Waals surface area contributed by atoms with Gasteiger partial charge in [-0.25, -0.2) is 19.9 Å². The standard InChI is InChI=1S/C15H18BrN5/c1-9-10(2)19-11(3)20-15(9)21-6-4-5-13(21)14-17-7-12(16)8-18-14/h7-8,13H,4-6H2,1-3H3. The fourth-order valence-electron chi connectivity index (χ4n) is 2.81. The fraction of sp³-hybridized carbons (Fsp3) is 0.467. The van der Waals surface area contributed by atoms with Crippen LogP contribution in [-0.2, 0) is 0 Å². The monoisotopic (exact) mass is 347 g/mol. The van der Waals surface area contributed by atoms with Crippen molar-refractivity contribution in [3.05, 3.63) is 39.8 Å². The second-order valence-electron chi connectivity index (χ2n) is 5.42. The smallest absolute Gasteiger partial charge is 0.150 e. The Bertz CT molecular complexity index is 656. The van der Waals surface area contributed by atoms with E-state index in [4.69, 9.17) is 0 Å². The van der Waals surface area contributed by atoms with Crippen molar-refractivity contribution < 1.29 is 0 Å². The van der Waals surface area contributed by atoms with Gasteiger partial charge in [-0.05, 0) is 49.5 Å². The molecule has 3 heterocycles. The molecule has 5 nitrogen and oxygen atoms in total. The second-order valence-corrected chi connectivity index (χ2v) is 6.33. The average molecular weight is 348 g/mol.